The van der Waals surface area contributed by atoms with Crippen LogP contribution in [-0.2, 0) is 38.4 Å². The summed E-state index contributed by atoms with van der Waals surface area (Å²) in [7, 11) is 0. The Morgan fingerprint density at radius 2 is 1.32 bits per heavy atom. The van der Waals surface area contributed by atoms with E-state index in [0.717, 1.165) is 74.6 Å². The predicted molar refractivity (Wildman–Crippen MR) is 265 cm³/mol. The van der Waals surface area contributed by atoms with Crippen LogP contribution in [0.5, 0.6) is 5.75 Å². The van der Waals surface area contributed by atoms with E-state index in [1.165, 1.54) is 6.42 Å². The molecule has 0 aromatic heterocycles. The third-order valence-electron chi connectivity index (χ3n) is 14.3. The number of benzene rings is 1. The molecule has 25 heteroatoms. The normalized spacial score (nSPS) is 29.0. The Hall–Kier alpha value is -5.54. The molecule has 0 saturated carbocycles. The predicted octanol–water partition coefficient (Wildman–Crippen LogP) is -3.34. The zero-order valence-electron chi connectivity index (χ0n) is 43.1. The molecule has 3 heterocycles. The highest BCUT2D eigenvalue weighted by Crippen LogP contribution is 2.27. The Balaban J connectivity index is 1.69. The van der Waals surface area contributed by atoms with Crippen molar-refractivity contribution >= 4 is 47.3 Å². The molecule has 16 N–H and O–H groups in total. The van der Waals surface area contributed by atoms with Crippen LogP contribution in [-0.4, -0.2) is 195 Å². The van der Waals surface area contributed by atoms with Crippen LogP contribution >= 0.6 is 0 Å². The molecule has 3 fully saturated rings. The van der Waals surface area contributed by atoms with Crippen LogP contribution in [0.25, 0.3) is 0 Å². The maximum absolute atomic E-state index is 14.4. The molecule has 25 nitrogen and oxygen atoms in total. The van der Waals surface area contributed by atoms with E-state index in [4.69, 9.17) is 5.73 Å². The molecular weight excluding hydrogens is 985 g/mol. The van der Waals surface area contributed by atoms with Crippen LogP contribution in [0.4, 0.5) is 0 Å². The van der Waals surface area contributed by atoms with Crippen molar-refractivity contribution in [3.63, 3.8) is 0 Å². The monoisotopic (exact) mass is 1060 g/mol. The highest BCUT2D eigenvalue weighted by molar-refractivity contribution is 5.98. The SMILES string of the molecule is CCC(C)CC(C)CCCCCCCCC(=O)NC1C[C@@H](O)[C@@H](O)NC(=O)C2[C@@H](O)CCN2C(=O)C(C(O)CC(N)=O)NC(=O)C(C(O)C(O)c2ccc(O)cc2)NC(=O)C2C[C@@H](O)CN2C(=O)C([C@@H](C)O)NC1=O. The smallest absolute Gasteiger partial charge is 0.248 e. The van der Waals surface area contributed by atoms with Crippen LogP contribution in [0.2, 0.25) is 0 Å². The van der Waals surface area contributed by atoms with Gasteiger partial charge in [0.25, 0.3) is 0 Å². The lowest BCUT2D eigenvalue weighted by Crippen LogP contribution is -2.64. The maximum atomic E-state index is 14.4. The molecule has 16 atom stereocenters. The van der Waals surface area contributed by atoms with Gasteiger partial charge in [0.2, 0.25) is 47.3 Å². The second kappa shape index (κ2) is 29.1. The Bertz CT molecular complexity index is 2100. The van der Waals surface area contributed by atoms with Gasteiger partial charge in [0.1, 0.15) is 60.3 Å². The molecule has 75 heavy (non-hydrogen) atoms. The molecule has 0 spiro atoms. The summed E-state index contributed by atoms with van der Waals surface area (Å²) in [5, 5.41) is 110. The van der Waals surface area contributed by atoms with E-state index >= 15 is 0 Å². The number of aromatic hydroxyl groups is 1. The third kappa shape index (κ3) is 17.8. The van der Waals surface area contributed by atoms with Crippen molar-refractivity contribution in [1.82, 2.24) is 36.4 Å². The standard InChI is InChI=1S/C50H80N8O17/c1-5-25(2)20-26(3)12-10-8-6-7-9-11-13-37(66)52-31-22-35(64)46(71)56-48(73)41-33(62)18-19-57(41)50(75)39(34(63)23-36(51)65)54-47(72)40(43(68)42(67)28-14-16-29(60)17-15-28)55-45(70)32-21-30(61)24-58(32)49(74)38(27(4)59)53-44(31)69/h14-17,25-27,30-35,38-43,46,59-64,67-68,71H,5-13,18-24H2,1-4H3,(H2,51,65)(H,52,66)(H,53,69)(H,54,72)(H,55,70)(H,56,73)/t25?,26?,27-,30-,31?,32?,33+,34?,35-,38?,39?,40?,41?,42?,43?,46-/m1/s1. The van der Waals surface area contributed by atoms with E-state index in [2.05, 4.69) is 47.4 Å². The van der Waals surface area contributed by atoms with Crippen molar-refractivity contribution in [3.8, 4) is 5.75 Å². The average molecular weight is 1070 g/mol. The lowest BCUT2D eigenvalue weighted by Gasteiger charge is -2.34. The maximum Gasteiger partial charge on any atom is 0.248 e. The first-order chi connectivity index (χ1) is 35.3. The largest absolute Gasteiger partial charge is 0.508 e. The number of aliphatic hydroxyl groups excluding tert-OH is 8. The van der Waals surface area contributed by atoms with Gasteiger partial charge in [-0.25, -0.2) is 0 Å². The van der Waals surface area contributed by atoms with Crippen LogP contribution in [0.1, 0.15) is 129 Å². The van der Waals surface area contributed by atoms with Crippen molar-refractivity contribution in [2.45, 2.75) is 203 Å². The molecule has 3 saturated heterocycles. The molecule has 0 bridgehead atoms. The molecule has 0 radical (unpaired) electrons. The van der Waals surface area contributed by atoms with Gasteiger partial charge < -0.3 is 88.1 Å². The number of phenols is 1. The van der Waals surface area contributed by atoms with E-state index < -0.39 is 165 Å². The lowest BCUT2D eigenvalue weighted by atomic mass is 9.91. The van der Waals surface area contributed by atoms with Gasteiger partial charge in [-0.05, 0) is 55.7 Å². The van der Waals surface area contributed by atoms with Crippen molar-refractivity contribution < 1.29 is 84.3 Å². The van der Waals surface area contributed by atoms with Crippen LogP contribution in [0, 0.1) is 11.8 Å². The number of carbonyl (C=O) groups is 8. The van der Waals surface area contributed by atoms with Gasteiger partial charge in [-0.3, -0.25) is 38.4 Å². The van der Waals surface area contributed by atoms with Gasteiger partial charge in [0, 0.05) is 32.4 Å². The minimum atomic E-state index is -2.36. The van der Waals surface area contributed by atoms with Crippen LogP contribution in [0.15, 0.2) is 24.3 Å². The second-order valence-corrected chi connectivity index (χ2v) is 20.6. The second-order valence-electron chi connectivity index (χ2n) is 20.6. The minimum absolute atomic E-state index is 0.0795. The van der Waals surface area contributed by atoms with Gasteiger partial charge in [-0.1, -0.05) is 77.8 Å². The average Bonchev–Trinajstić information content (AvgIpc) is 3.95. The van der Waals surface area contributed by atoms with E-state index in [1.807, 2.05) is 0 Å². The molecule has 3 aliphatic heterocycles. The number of carbonyl (C=O) groups excluding carboxylic acids is 8. The summed E-state index contributed by atoms with van der Waals surface area (Å²) in [4.78, 5) is 112. The Labute approximate surface area is 436 Å². The summed E-state index contributed by atoms with van der Waals surface area (Å²) in [6.45, 7) is 6.76. The van der Waals surface area contributed by atoms with Gasteiger partial charge >= 0.3 is 0 Å². The number of hydrogen-bond donors (Lipinski definition) is 15. The number of nitrogens with two attached hydrogens (primary N) is 1. The summed E-state index contributed by atoms with van der Waals surface area (Å²) in [6, 6.07) is -7.37. The first kappa shape index (κ1) is 62.0. The lowest BCUT2D eigenvalue weighted by molar-refractivity contribution is -0.149. The molecule has 1 aromatic rings. The first-order valence-electron chi connectivity index (χ1n) is 26.0. The van der Waals surface area contributed by atoms with Gasteiger partial charge in [-0.15, -0.1) is 0 Å². The number of rotatable bonds is 20. The summed E-state index contributed by atoms with van der Waals surface area (Å²) in [5.41, 5.74) is 5.21. The molecular formula is C50H80N8O17. The first-order valence-corrected chi connectivity index (χ1v) is 26.0. The van der Waals surface area contributed by atoms with Crippen LogP contribution < -0.4 is 32.3 Å². The fourth-order valence-corrected chi connectivity index (χ4v) is 9.79. The number of nitrogens with zero attached hydrogens (tertiary/aromatic N) is 2. The van der Waals surface area contributed by atoms with Gasteiger partial charge in [-0.2, -0.15) is 0 Å². The minimum Gasteiger partial charge on any atom is -0.508 e. The number of phenolic OH excluding ortho intramolecular Hbond substituents is 1. The van der Waals surface area contributed by atoms with Gasteiger partial charge in [0.05, 0.1) is 30.8 Å². The Morgan fingerprint density at radius 3 is 1.95 bits per heavy atom. The van der Waals surface area contributed by atoms with Gasteiger partial charge in [0.15, 0.2) is 6.23 Å². The van der Waals surface area contributed by atoms with E-state index in [0.29, 0.717) is 29.6 Å². The molecule has 11 unspecified atom stereocenters. The fraction of sp³-hybridized carbons (Fsp3) is 0.720. The molecule has 4 rings (SSSR count). The molecule has 1 aromatic carbocycles. The molecule has 8 amide bonds. The number of hydrogen-bond acceptors (Lipinski definition) is 17. The van der Waals surface area contributed by atoms with E-state index in [1.54, 1.807) is 0 Å². The highest BCUT2D eigenvalue weighted by atomic mass is 16.3. The van der Waals surface area contributed by atoms with E-state index in [9.17, 15) is 84.3 Å². The zero-order chi connectivity index (χ0) is 55.8. The summed E-state index contributed by atoms with van der Waals surface area (Å²) in [6.07, 6.45) is -10.2. The summed E-state index contributed by atoms with van der Waals surface area (Å²) in [5.74, 6) is -8.59. The summed E-state index contributed by atoms with van der Waals surface area (Å²) < 4.78 is 0. The number of amides is 8. The number of unbranched alkanes of at least 4 members (excludes halogenated alkanes) is 5. The zero-order valence-corrected chi connectivity index (χ0v) is 43.1. The molecule has 422 valence electrons. The molecule has 0 aliphatic carbocycles. The fourth-order valence-electron chi connectivity index (χ4n) is 9.79. The van der Waals surface area contributed by atoms with Crippen LogP contribution in [0.3, 0.4) is 0 Å². The highest BCUT2D eigenvalue weighted by Gasteiger charge is 2.49. The van der Waals surface area contributed by atoms with Crippen molar-refractivity contribution in [2.24, 2.45) is 17.6 Å². The number of primary amides is 1. The molecule has 3 aliphatic rings. The van der Waals surface area contributed by atoms with E-state index in [-0.39, 0.29) is 24.2 Å². The Morgan fingerprint density at radius 1 is 0.720 bits per heavy atom. The number of fused-ring (bicyclic) bond motifs is 2. The van der Waals surface area contributed by atoms with Crippen molar-refractivity contribution in [3.05, 3.63) is 29.8 Å². The topological polar surface area (TPSA) is 411 Å². The number of nitrogens with one attached hydrogen (secondary N) is 5. The quantitative estimate of drug-likeness (QED) is 0.0568. The van der Waals surface area contributed by atoms with Crippen molar-refractivity contribution in [2.75, 3.05) is 13.1 Å². The third-order valence-corrected chi connectivity index (χ3v) is 14.3. The Kier molecular flexibility index (Phi) is 24.1. The number of aliphatic hydroxyl groups is 8. The van der Waals surface area contributed by atoms with Crippen molar-refractivity contribution in [1.29, 1.82) is 0 Å². The summed E-state index contributed by atoms with van der Waals surface area (Å²) >= 11 is 0.